The highest BCUT2D eigenvalue weighted by atomic mass is 32.1. The molecule has 24 heavy (non-hydrogen) atoms. The molecule has 0 unspecified atom stereocenters. The second-order valence-corrected chi connectivity index (χ2v) is 6.71. The number of imide groups is 1. The number of rotatable bonds is 5. The van der Waals surface area contributed by atoms with Crippen LogP contribution in [0.5, 0.6) is 0 Å². The third-order valence-corrected chi connectivity index (χ3v) is 5.05. The second-order valence-electron chi connectivity index (χ2n) is 5.80. The number of hydrogen-bond acceptors (Lipinski definition) is 4. The predicted octanol–water partition coefficient (Wildman–Crippen LogP) is 2.77. The van der Waals surface area contributed by atoms with Gasteiger partial charge in [0.1, 0.15) is 0 Å². The molecule has 124 valence electrons. The summed E-state index contributed by atoms with van der Waals surface area (Å²) in [7, 11) is 0. The Hall–Kier alpha value is -2.47. The van der Waals surface area contributed by atoms with Gasteiger partial charge < -0.3 is 5.32 Å². The second kappa shape index (κ2) is 6.97. The van der Waals surface area contributed by atoms with Gasteiger partial charge in [0.05, 0.1) is 10.8 Å². The minimum atomic E-state index is -0.295. The largest absolute Gasteiger partial charge is 0.321 e. The molecule has 1 fully saturated rings. The molecule has 1 aliphatic heterocycles. The van der Waals surface area contributed by atoms with Crippen molar-refractivity contribution in [2.24, 2.45) is 5.92 Å². The van der Waals surface area contributed by atoms with E-state index in [9.17, 15) is 14.4 Å². The van der Waals surface area contributed by atoms with Gasteiger partial charge in [0.25, 0.3) is 5.91 Å². The zero-order chi connectivity index (χ0) is 17.1. The lowest BCUT2D eigenvalue weighted by Gasteiger charge is -2.08. The highest BCUT2D eigenvalue weighted by molar-refractivity contribution is 7.12. The maximum Gasteiger partial charge on any atom is 0.266 e. The van der Waals surface area contributed by atoms with Crippen molar-refractivity contribution < 1.29 is 14.4 Å². The molecular formula is C18H18N2O3S. The van der Waals surface area contributed by atoms with Crippen LogP contribution in [0.2, 0.25) is 0 Å². The monoisotopic (exact) mass is 342 g/mol. The number of amides is 3. The number of thiophene rings is 1. The van der Waals surface area contributed by atoms with Crippen molar-refractivity contribution in [1.82, 2.24) is 5.32 Å². The van der Waals surface area contributed by atoms with E-state index in [1.165, 1.54) is 11.3 Å². The van der Waals surface area contributed by atoms with Gasteiger partial charge in [-0.2, -0.15) is 0 Å². The van der Waals surface area contributed by atoms with E-state index in [1.807, 2.05) is 42.6 Å². The molecule has 0 radical (unpaired) electrons. The van der Waals surface area contributed by atoms with Gasteiger partial charge in [0.2, 0.25) is 11.8 Å². The maximum absolute atomic E-state index is 12.3. The van der Waals surface area contributed by atoms with Crippen LogP contribution < -0.4 is 10.6 Å². The number of nitrogens with one attached hydrogen (secondary N) is 2. The van der Waals surface area contributed by atoms with E-state index < -0.39 is 0 Å². The fraction of sp³-hybridized carbons (Fsp3) is 0.278. The average molecular weight is 342 g/mol. The van der Waals surface area contributed by atoms with Crippen molar-refractivity contribution in [3.8, 4) is 0 Å². The van der Waals surface area contributed by atoms with Crippen molar-refractivity contribution >= 4 is 34.7 Å². The summed E-state index contributed by atoms with van der Waals surface area (Å²) < 4.78 is 0. The lowest BCUT2D eigenvalue weighted by Crippen LogP contribution is -2.22. The van der Waals surface area contributed by atoms with E-state index in [0.717, 1.165) is 22.4 Å². The van der Waals surface area contributed by atoms with Gasteiger partial charge in [-0.05, 0) is 47.5 Å². The lowest BCUT2D eigenvalue weighted by molar-refractivity contribution is -0.125. The molecule has 2 N–H and O–H groups in total. The van der Waals surface area contributed by atoms with Crippen molar-refractivity contribution in [3.63, 3.8) is 0 Å². The summed E-state index contributed by atoms with van der Waals surface area (Å²) in [6, 6.07) is 9.36. The SMILES string of the molecule is CCc1ccsc1C(=O)Nc1ccc(C[C@H]2CC(=O)NC2=O)cc1. The van der Waals surface area contributed by atoms with Crippen molar-refractivity contribution in [1.29, 1.82) is 0 Å². The Kier molecular flexibility index (Phi) is 4.76. The highest BCUT2D eigenvalue weighted by Crippen LogP contribution is 2.21. The Morgan fingerprint density at radius 3 is 2.62 bits per heavy atom. The molecule has 2 aromatic rings. The van der Waals surface area contributed by atoms with Crippen LogP contribution in [-0.2, 0) is 22.4 Å². The summed E-state index contributed by atoms with van der Waals surface area (Å²) in [4.78, 5) is 35.9. The first-order valence-electron chi connectivity index (χ1n) is 7.87. The minimum Gasteiger partial charge on any atom is -0.321 e. The first kappa shape index (κ1) is 16.4. The fourth-order valence-electron chi connectivity index (χ4n) is 2.78. The summed E-state index contributed by atoms with van der Waals surface area (Å²) in [5.41, 5.74) is 2.73. The molecule has 1 atom stereocenters. The summed E-state index contributed by atoms with van der Waals surface area (Å²) in [5.74, 6) is -0.815. The van der Waals surface area contributed by atoms with Crippen LogP contribution >= 0.6 is 11.3 Å². The van der Waals surface area contributed by atoms with Crippen LogP contribution in [0.4, 0.5) is 5.69 Å². The van der Waals surface area contributed by atoms with E-state index in [1.54, 1.807) is 0 Å². The third kappa shape index (κ3) is 3.54. The number of aryl methyl sites for hydroxylation is 1. The first-order chi connectivity index (χ1) is 11.6. The van der Waals surface area contributed by atoms with E-state index in [0.29, 0.717) is 12.1 Å². The molecule has 0 saturated carbocycles. The zero-order valence-electron chi connectivity index (χ0n) is 13.3. The standard InChI is InChI=1S/C18H18N2O3S/c1-2-12-7-8-24-16(12)18(23)19-14-5-3-11(4-6-14)9-13-10-15(21)20-17(13)22/h3-8,13H,2,9-10H2,1H3,(H,19,23)(H,20,21,22)/t13-/m0/s1. The van der Waals surface area contributed by atoms with Gasteiger partial charge in [0, 0.05) is 12.1 Å². The van der Waals surface area contributed by atoms with Crippen LogP contribution in [0.15, 0.2) is 35.7 Å². The number of carbonyl (C=O) groups is 3. The summed E-state index contributed by atoms with van der Waals surface area (Å²) in [5, 5.41) is 7.13. The molecule has 1 aliphatic rings. The van der Waals surface area contributed by atoms with E-state index in [2.05, 4.69) is 10.6 Å². The van der Waals surface area contributed by atoms with Crippen molar-refractivity contribution in [2.45, 2.75) is 26.2 Å². The highest BCUT2D eigenvalue weighted by Gasteiger charge is 2.30. The number of anilines is 1. The molecule has 0 bridgehead atoms. The number of carbonyl (C=O) groups excluding carboxylic acids is 3. The predicted molar refractivity (Wildman–Crippen MR) is 93.1 cm³/mol. The molecule has 6 heteroatoms. The van der Waals surface area contributed by atoms with Crippen LogP contribution in [-0.4, -0.2) is 17.7 Å². The number of hydrogen-bond donors (Lipinski definition) is 2. The molecular weight excluding hydrogens is 324 g/mol. The molecule has 1 aromatic heterocycles. The van der Waals surface area contributed by atoms with E-state index in [-0.39, 0.29) is 30.1 Å². The van der Waals surface area contributed by atoms with Crippen molar-refractivity contribution in [2.75, 3.05) is 5.32 Å². The summed E-state index contributed by atoms with van der Waals surface area (Å²) in [6.07, 6.45) is 1.60. The Bertz CT molecular complexity index is 780. The topological polar surface area (TPSA) is 75.3 Å². The molecule has 1 saturated heterocycles. The quantitative estimate of drug-likeness (QED) is 0.821. The molecule has 5 nitrogen and oxygen atoms in total. The van der Waals surface area contributed by atoms with Gasteiger partial charge in [-0.3, -0.25) is 19.7 Å². The smallest absolute Gasteiger partial charge is 0.266 e. The number of benzene rings is 1. The Labute approximate surface area is 144 Å². The van der Waals surface area contributed by atoms with Crippen LogP contribution in [0.3, 0.4) is 0 Å². The van der Waals surface area contributed by atoms with Crippen LogP contribution in [0, 0.1) is 5.92 Å². The zero-order valence-corrected chi connectivity index (χ0v) is 14.1. The molecule has 0 spiro atoms. The Morgan fingerprint density at radius 2 is 2.00 bits per heavy atom. The van der Waals surface area contributed by atoms with Gasteiger partial charge in [-0.25, -0.2) is 0 Å². The summed E-state index contributed by atoms with van der Waals surface area (Å²) >= 11 is 1.44. The average Bonchev–Trinajstić information content (AvgIpc) is 3.15. The summed E-state index contributed by atoms with van der Waals surface area (Å²) in [6.45, 7) is 2.03. The molecule has 1 aromatic carbocycles. The Balaban J connectivity index is 1.63. The molecule has 3 amide bonds. The molecule has 3 rings (SSSR count). The van der Waals surface area contributed by atoms with Gasteiger partial charge in [0.15, 0.2) is 0 Å². The first-order valence-corrected chi connectivity index (χ1v) is 8.75. The normalized spacial score (nSPS) is 17.0. The van der Waals surface area contributed by atoms with Crippen LogP contribution in [0.25, 0.3) is 0 Å². The van der Waals surface area contributed by atoms with E-state index in [4.69, 9.17) is 0 Å². The molecule has 2 heterocycles. The minimum absolute atomic E-state index is 0.102. The van der Waals surface area contributed by atoms with E-state index >= 15 is 0 Å². The van der Waals surface area contributed by atoms with Crippen molar-refractivity contribution in [3.05, 3.63) is 51.7 Å². The van der Waals surface area contributed by atoms with Gasteiger partial charge in [-0.15, -0.1) is 11.3 Å². The fourth-order valence-corrected chi connectivity index (χ4v) is 3.67. The van der Waals surface area contributed by atoms with Gasteiger partial charge in [-0.1, -0.05) is 19.1 Å². The Morgan fingerprint density at radius 1 is 1.25 bits per heavy atom. The molecule has 0 aliphatic carbocycles. The van der Waals surface area contributed by atoms with Crippen LogP contribution in [0.1, 0.15) is 34.1 Å². The third-order valence-electron chi connectivity index (χ3n) is 4.09. The van der Waals surface area contributed by atoms with Gasteiger partial charge >= 0.3 is 0 Å². The lowest BCUT2D eigenvalue weighted by atomic mass is 9.98. The maximum atomic E-state index is 12.3.